The van der Waals surface area contributed by atoms with Crippen molar-refractivity contribution >= 4 is 29.5 Å². The molecule has 0 spiro atoms. The normalized spacial score (nSPS) is 11.6. The van der Waals surface area contributed by atoms with Gasteiger partial charge in [0.2, 0.25) is 0 Å². The maximum Gasteiger partial charge on any atom is 1.00 e. The number of hydrogen-bond donors (Lipinski definition) is 2. The Morgan fingerprint density at radius 1 is 1.57 bits per heavy atom. The quantitative estimate of drug-likeness (QED) is 0.298. The van der Waals surface area contributed by atoms with E-state index in [0.29, 0.717) is 10.5 Å². The fraction of sp³-hybridized carbons (Fsp3) is 0.125. The number of thiol groups is 1. The molecule has 0 radical (unpaired) electrons. The number of ketones is 1. The van der Waals surface area contributed by atoms with Crippen LogP contribution in [0.2, 0.25) is 0 Å². The first-order valence-electron chi connectivity index (χ1n) is 3.47. The van der Waals surface area contributed by atoms with Crippen LogP contribution in [0.5, 0.6) is 0 Å². The number of carbonyl (C=O) groups is 1. The van der Waals surface area contributed by atoms with Crippen LogP contribution in [0.15, 0.2) is 28.0 Å². The SMILES string of the molecule is CC(=O)c1ccc(S)c(S(=O)O)c1.[H-].[Na+]. The molecule has 72 valence electrons. The molecule has 6 heteroatoms. The van der Waals surface area contributed by atoms with Crippen molar-refractivity contribution in [2.24, 2.45) is 0 Å². The first kappa shape index (κ1) is 14.3. The summed E-state index contributed by atoms with van der Waals surface area (Å²) in [5.41, 5.74) is 0.412. The molecule has 1 unspecified atom stereocenters. The summed E-state index contributed by atoms with van der Waals surface area (Å²) in [6.45, 7) is 1.40. The van der Waals surface area contributed by atoms with Gasteiger partial charge in [0.15, 0.2) is 16.9 Å². The Morgan fingerprint density at radius 2 is 2.14 bits per heavy atom. The number of hydrogen-bond acceptors (Lipinski definition) is 3. The zero-order valence-electron chi connectivity index (χ0n) is 8.85. The van der Waals surface area contributed by atoms with E-state index in [1.165, 1.54) is 19.1 Å². The van der Waals surface area contributed by atoms with Crippen molar-refractivity contribution in [3.8, 4) is 0 Å². The van der Waals surface area contributed by atoms with Crippen LogP contribution in [0.4, 0.5) is 0 Å². The Balaban J connectivity index is 0. The van der Waals surface area contributed by atoms with Crippen molar-refractivity contribution in [3.05, 3.63) is 23.8 Å². The van der Waals surface area contributed by atoms with Gasteiger partial charge in [-0.3, -0.25) is 4.79 Å². The fourth-order valence-corrected chi connectivity index (χ4v) is 1.72. The van der Waals surface area contributed by atoms with Gasteiger partial charge in [0.25, 0.3) is 0 Å². The molecule has 14 heavy (non-hydrogen) atoms. The van der Waals surface area contributed by atoms with Crippen LogP contribution in [0.3, 0.4) is 0 Å². The average Bonchev–Trinajstić information content (AvgIpc) is 2.04. The van der Waals surface area contributed by atoms with Crippen LogP contribution in [0, 0.1) is 0 Å². The predicted molar refractivity (Wildman–Crippen MR) is 53.8 cm³/mol. The van der Waals surface area contributed by atoms with Gasteiger partial charge in [-0.2, -0.15) is 0 Å². The maximum absolute atomic E-state index is 10.9. The van der Waals surface area contributed by atoms with E-state index in [4.69, 9.17) is 4.55 Å². The molecule has 1 aromatic rings. The standard InChI is InChI=1S/C8H8O3S2.Na.H/c1-5(9)6-2-3-7(12)8(4-6)13(10)11;;/h2-4,12H,1H3,(H,10,11);;/q;+1;-1. The minimum Gasteiger partial charge on any atom is -1.00 e. The van der Waals surface area contributed by atoms with Gasteiger partial charge in [0, 0.05) is 10.5 Å². The second-order valence-electron chi connectivity index (χ2n) is 2.49. The molecular formula is C8H9NaO3S2. The summed E-state index contributed by atoms with van der Waals surface area (Å²) in [4.78, 5) is 11.5. The third-order valence-corrected chi connectivity index (χ3v) is 2.81. The Kier molecular flexibility index (Phi) is 6.20. The second-order valence-corrected chi connectivity index (χ2v) is 3.91. The first-order chi connectivity index (χ1) is 6.02. The topological polar surface area (TPSA) is 54.4 Å². The zero-order valence-corrected chi connectivity index (χ0v) is 11.6. The van der Waals surface area contributed by atoms with Gasteiger partial charge in [0.05, 0.1) is 4.90 Å². The van der Waals surface area contributed by atoms with Crippen molar-refractivity contribution in [1.82, 2.24) is 0 Å². The van der Waals surface area contributed by atoms with E-state index in [0.717, 1.165) is 0 Å². The number of carbonyl (C=O) groups excluding carboxylic acids is 1. The van der Waals surface area contributed by atoms with E-state index in [-0.39, 0.29) is 41.7 Å². The molecule has 0 bridgehead atoms. The van der Waals surface area contributed by atoms with Crippen LogP contribution in [0.25, 0.3) is 0 Å². The van der Waals surface area contributed by atoms with Crippen molar-refractivity contribution < 1.29 is 44.5 Å². The van der Waals surface area contributed by atoms with Crippen LogP contribution < -0.4 is 29.6 Å². The van der Waals surface area contributed by atoms with E-state index in [1.807, 2.05) is 0 Å². The van der Waals surface area contributed by atoms with Gasteiger partial charge in [-0.05, 0) is 19.1 Å². The molecule has 0 aliphatic rings. The first-order valence-corrected chi connectivity index (χ1v) is 5.02. The molecule has 1 rings (SSSR count). The van der Waals surface area contributed by atoms with Crippen molar-refractivity contribution in [2.75, 3.05) is 0 Å². The Bertz CT molecular complexity index is 384. The minimum atomic E-state index is -2.10. The van der Waals surface area contributed by atoms with Crippen molar-refractivity contribution in [2.45, 2.75) is 16.7 Å². The fourth-order valence-electron chi connectivity index (χ4n) is 0.873. The number of benzene rings is 1. The minimum absolute atomic E-state index is 0. The zero-order chi connectivity index (χ0) is 10.0. The summed E-state index contributed by atoms with van der Waals surface area (Å²) in [6.07, 6.45) is 0. The molecule has 0 aliphatic heterocycles. The molecule has 0 heterocycles. The van der Waals surface area contributed by atoms with E-state index in [9.17, 15) is 9.00 Å². The van der Waals surface area contributed by atoms with E-state index < -0.39 is 11.1 Å². The van der Waals surface area contributed by atoms with E-state index >= 15 is 0 Å². The maximum atomic E-state index is 10.9. The molecule has 0 aromatic heterocycles. The Morgan fingerprint density at radius 3 is 2.57 bits per heavy atom. The molecule has 1 N–H and O–H groups in total. The van der Waals surface area contributed by atoms with Crippen LogP contribution in [-0.4, -0.2) is 14.5 Å². The van der Waals surface area contributed by atoms with Crippen LogP contribution in [-0.2, 0) is 11.1 Å². The van der Waals surface area contributed by atoms with Gasteiger partial charge in [-0.15, -0.1) is 12.6 Å². The third kappa shape index (κ3) is 3.49. The largest absolute Gasteiger partial charge is 1.00 e. The summed E-state index contributed by atoms with van der Waals surface area (Å²) >= 11 is 1.89. The van der Waals surface area contributed by atoms with Crippen molar-refractivity contribution in [3.63, 3.8) is 0 Å². The molecule has 1 aromatic carbocycles. The molecular weight excluding hydrogens is 231 g/mol. The van der Waals surface area contributed by atoms with Gasteiger partial charge >= 0.3 is 29.6 Å². The number of rotatable bonds is 2. The van der Waals surface area contributed by atoms with Crippen LogP contribution in [0.1, 0.15) is 18.7 Å². The Labute approximate surface area is 114 Å². The monoisotopic (exact) mass is 240 g/mol. The molecule has 0 saturated heterocycles. The Hall–Kier alpha value is 0.350. The molecule has 0 saturated carbocycles. The van der Waals surface area contributed by atoms with Crippen molar-refractivity contribution in [1.29, 1.82) is 0 Å². The van der Waals surface area contributed by atoms with Gasteiger partial charge < -0.3 is 5.98 Å². The summed E-state index contributed by atoms with van der Waals surface area (Å²) in [7, 11) is 0. The molecule has 0 aliphatic carbocycles. The second kappa shape index (κ2) is 6.05. The summed E-state index contributed by atoms with van der Waals surface area (Å²) in [5, 5.41) is 0. The summed E-state index contributed by atoms with van der Waals surface area (Å²) in [5.74, 6) is -0.139. The van der Waals surface area contributed by atoms with E-state index in [1.54, 1.807) is 6.07 Å². The average molecular weight is 240 g/mol. The predicted octanol–water partition coefficient (Wildman–Crippen LogP) is -1.12. The van der Waals surface area contributed by atoms with E-state index in [2.05, 4.69) is 12.6 Å². The molecule has 0 fully saturated rings. The van der Waals surface area contributed by atoms with Gasteiger partial charge in [0.1, 0.15) is 0 Å². The van der Waals surface area contributed by atoms with Gasteiger partial charge in [-0.25, -0.2) is 4.21 Å². The molecule has 0 amide bonds. The molecule has 1 atom stereocenters. The smallest absolute Gasteiger partial charge is 1.00 e. The van der Waals surface area contributed by atoms with Gasteiger partial charge in [-0.1, -0.05) is 6.07 Å². The summed E-state index contributed by atoms with van der Waals surface area (Å²) < 4.78 is 19.6. The third-order valence-electron chi connectivity index (χ3n) is 1.55. The number of Topliss-reactive ketones (excluding diaryl/α,β-unsaturated/α-hetero) is 1. The summed E-state index contributed by atoms with van der Waals surface area (Å²) in [6, 6.07) is 4.48. The molecule has 3 nitrogen and oxygen atoms in total. The van der Waals surface area contributed by atoms with Crippen LogP contribution >= 0.6 is 12.6 Å².